The molecule has 2 aromatic rings. The van der Waals surface area contributed by atoms with Gasteiger partial charge in [0, 0.05) is 52.4 Å². The summed E-state index contributed by atoms with van der Waals surface area (Å²) in [5.41, 5.74) is -3.55. The molecule has 0 saturated carbocycles. The van der Waals surface area contributed by atoms with Gasteiger partial charge in [0.2, 0.25) is 0 Å². The Morgan fingerprint density at radius 2 is 1.64 bits per heavy atom. The molecule has 45 heavy (non-hydrogen) atoms. The average Bonchev–Trinajstić information content (AvgIpc) is 3.44. The second kappa shape index (κ2) is 14.1. The van der Waals surface area contributed by atoms with Crippen molar-refractivity contribution in [2.75, 3.05) is 19.8 Å². The molecule has 0 bridgehead atoms. The van der Waals surface area contributed by atoms with Crippen molar-refractivity contribution in [1.29, 1.82) is 0 Å². The van der Waals surface area contributed by atoms with E-state index in [-0.39, 0.29) is 37.3 Å². The van der Waals surface area contributed by atoms with Crippen LogP contribution in [0.2, 0.25) is 0 Å². The molecule has 14 nitrogen and oxygen atoms in total. The number of aliphatic carboxylic acids is 1. The Hall–Kier alpha value is -3.74. The lowest BCUT2D eigenvalue weighted by Gasteiger charge is -2.46. The number of carbonyl (C=O) groups excluding carboxylic acids is 3. The number of halogens is 3. The van der Waals surface area contributed by atoms with E-state index < -0.39 is 88.6 Å². The van der Waals surface area contributed by atoms with Crippen molar-refractivity contribution in [2.45, 2.75) is 74.3 Å². The first-order valence-electron chi connectivity index (χ1n) is 13.6. The molecule has 2 aliphatic heterocycles. The van der Waals surface area contributed by atoms with Crippen LogP contribution < -0.4 is 0 Å². The van der Waals surface area contributed by atoms with E-state index in [1.54, 1.807) is 0 Å². The number of rotatable bonds is 10. The Morgan fingerprint density at radius 1 is 1.04 bits per heavy atom. The summed E-state index contributed by atoms with van der Waals surface area (Å²) in [5, 5.41) is 27.8. The number of thioether (sulfide) groups is 1. The van der Waals surface area contributed by atoms with Crippen LogP contribution in [0, 0.1) is 17.5 Å². The predicted molar refractivity (Wildman–Crippen MR) is 145 cm³/mol. The highest BCUT2D eigenvalue weighted by molar-refractivity contribution is 8.01. The molecule has 0 amide bonds. The Morgan fingerprint density at radius 3 is 2.20 bits per heavy atom. The van der Waals surface area contributed by atoms with Crippen molar-refractivity contribution in [2.24, 2.45) is 0 Å². The second-order valence-corrected chi connectivity index (χ2v) is 11.6. The minimum absolute atomic E-state index is 0.0322. The molecular formula is C27H30F3N3O11S. The third-order valence-corrected chi connectivity index (χ3v) is 8.67. The van der Waals surface area contributed by atoms with Gasteiger partial charge in [0.1, 0.15) is 35.1 Å². The summed E-state index contributed by atoms with van der Waals surface area (Å²) in [6.07, 6.45) is -3.13. The fourth-order valence-electron chi connectivity index (χ4n) is 5.09. The zero-order chi connectivity index (χ0) is 33.1. The van der Waals surface area contributed by atoms with E-state index in [2.05, 4.69) is 10.3 Å². The van der Waals surface area contributed by atoms with Gasteiger partial charge in [0.15, 0.2) is 29.7 Å². The first-order chi connectivity index (χ1) is 21.2. The molecule has 0 aliphatic carbocycles. The lowest BCUT2D eigenvalue weighted by molar-refractivity contribution is -0.212. The summed E-state index contributed by atoms with van der Waals surface area (Å²) in [4.78, 5) is 48.8. The summed E-state index contributed by atoms with van der Waals surface area (Å²) in [6, 6.07) is -0.00408. The molecule has 1 aromatic carbocycles. The van der Waals surface area contributed by atoms with E-state index >= 15 is 0 Å². The summed E-state index contributed by atoms with van der Waals surface area (Å²) in [7, 11) is 0. The molecule has 2 N–H and O–H groups in total. The van der Waals surface area contributed by atoms with Gasteiger partial charge in [-0.1, -0.05) is 5.21 Å². The van der Waals surface area contributed by atoms with Crippen LogP contribution in [0.25, 0.3) is 11.3 Å². The van der Waals surface area contributed by atoms with E-state index in [0.29, 0.717) is 23.9 Å². The molecule has 3 heterocycles. The molecule has 18 heteroatoms. The second-order valence-electron chi connectivity index (χ2n) is 10.4. The number of carboxylic acids is 1. The number of esters is 3. The monoisotopic (exact) mass is 661 g/mol. The van der Waals surface area contributed by atoms with Crippen LogP contribution in [0.1, 0.15) is 39.7 Å². The van der Waals surface area contributed by atoms with Gasteiger partial charge in [-0.05, 0) is 12.1 Å². The van der Waals surface area contributed by atoms with Gasteiger partial charge in [-0.2, -0.15) is 0 Å². The predicted octanol–water partition coefficient (Wildman–Crippen LogP) is 1.78. The van der Waals surface area contributed by atoms with Gasteiger partial charge < -0.3 is 33.9 Å². The normalized spacial score (nSPS) is 25.2. The number of aromatic nitrogens is 3. The van der Waals surface area contributed by atoms with Gasteiger partial charge in [-0.3, -0.25) is 19.2 Å². The molecule has 1 unspecified atom stereocenters. The Bertz CT molecular complexity index is 1410. The van der Waals surface area contributed by atoms with Crippen LogP contribution in [0.4, 0.5) is 13.2 Å². The molecular weight excluding hydrogens is 631 g/mol. The topological polar surface area (TPSA) is 186 Å². The first kappa shape index (κ1) is 34.1. The van der Waals surface area contributed by atoms with Gasteiger partial charge >= 0.3 is 23.9 Å². The van der Waals surface area contributed by atoms with Crippen molar-refractivity contribution in [3.63, 3.8) is 0 Å². The van der Waals surface area contributed by atoms with Crippen LogP contribution in [0.3, 0.4) is 0 Å². The van der Waals surface area contributed by atoms with Gasteiger partial charge in [-0.15, -0.1) is 16.9 Å². The largest absolute Gasteiger partial charge is 0.480 e. The Labute approximate surface area is 258 Å². The number of ether oxygens (including phenoxy) is 5. The van der Waals surface area contributed by atoms with Crippen molar-refractivity contribution in [3.05, 3.63) is 35.8 Å². The lowest BCUT2D eigenvalue weighted by Crippen LogP contribution is -2.59. The summed E-state index contributed by atoms with van der Waals surface area (Å²) >= 11 is 0.607. The van der Waals surface area contributed by atoms with Crippen LogP contribution in [0.5, 0.6) is 0 Å². The molecule has 4 rings (SSSR count). The molecule has 6 atom stereocenters. The highest BCUT2D eigenvalue weighted by Gasteiger charge is 2.55. The number of carbonyl (C=O) groups is 4. The zero-order valence-electron chi connectivity index (χ0n) is 24.2. The third kappa shape index (κ3) is 7.92. The summed E-state index contributed by atoms with van der Waals surface area (Å²) in [6.45, 7) is 2.89. The number of hydrogen-bond donors (Lipinski definition) is 2. The van der Waals surface area contributed by atoms with E-state index in [0.717, 1.165) is 31.6 Å². The average molecular weight is 662 g/mol. The molecule has 2 fully saturated rings. The Kier molecular flexibility index (Phi) is 10.7. The SMILES string of the molecule is CC(=O)OC[C@H]1O[C@@H](SC(C(=O)O)C2(O)CCOCC2)[C@H](OC(C)=O)[C@@H](n2cc(-c3cc(F)c(F)c(F)c3)nn2)[C@H]1OC(C)=O. The van der Waals surface area contributed by atoms with Crippen LogP contribution in [-0.4, -0.2) is 104 Å². The minimum atomic E-state index is -1.76. The van der Waals surface area contributed by atoms with E-state index in [1.807, 2.05) is 0 Å². The smallest absolute Gasteiger partial charge is 0.319 e. The van der Waals surface area contributed by atoms with Gasteiger partial charge in [0.25, 0.3) is 0 Å². The van der Waals surface area contributed by atoms with E-state index in [4.69, 9.17) is 23.7 Å². The maximum atomic E-state index is 14.0. The van der Waals surface area contributed by atoms with E-state index in [9.17, 15) is 42.6 Å². The van der Waals surface area contributed by atoms with Gasteiger partial charge in [0.05, 0.1) is 11.8 Å². The van der Waals surface area contributed by atoms with Crippen molar-refractivity contribution in [1.82, 2.24) is 15.0 Å². The molecule has 0 spiro atoms. The highest BCUT2D eigenvalue weighted by Crippen LogP contribution is 2.44. The quantitative estimate of drug-likeness (QED) is 0.213. The standard InChI is InChI=1S/C27H30F3N3O11S/c1-12(34)41-11-19-22(42-13(2)35)21(33-10-18(31-32-33)15-8-16(28)20(30)17(29)9-15)23(43-14(3)36)26(44-19)45-24(25(37)38)27(39)4-6-40-7-5-27/h8-10,19,21-24,26,39H,4-7,11H2,1-3H3,(H,37,38)/t19-,21+,22+,23-,24?,26+/m1/s1. The zero-order valence-corrected chi connectivity index (χ0v) is 25.0. The molecule has 2 saturated heterocycles. The molecule has 246 valence electrons. The van der Waals surface area contributed by atoms with Crippen LogP contribution >= 0.6 is 11.8 Å². The number of nitrogens with zero attached hydrogens (tertiary/aromatic N) is 3. The molecule has 1 aromatic heterocycles. The van der Waals surface area contributed by atoms with Gasteiger partial charge in [-0.25, -0.2) is 17.9 Å². The maximum absolute atomic E-state index is 14.0. The summed E-state index contributed by atoms with van der Waals surface area (Å²) < 4.78 is 70.2. The summed E-state index contributed by atoms with van der Waals surface area (Å²) in [5.74, 6) is -8.53. The van der Waals surface area contributed by atoms with Crippen LogP contribution in [-0.2, 0) is 42.9 Å². The number of benzene rings is 1. The van der Waals surface area contributed by atoms with Crippen LogP contribution in [0.15, 0.2) is 18.3 Å². The fraction of sp³-hybridized carbons (Fsp3) is 0.556. The third-order valence-electron chi connectivity index (χ3n) is 7.11. The van der Waals surface area contributed by atoms with Crippen molar-refractivity contribution < 1.29 is 66.2 Å². The highest BCUT2D eigenvalue weighted by atomic mass is 32.2. The number of carboxylic acid groups (broad SMARTS) is 1. The number of hydrogen-bond acceptors (Lipinski definition) is 13. The fourth-order valence-corrected chi connectivity index (χ4v) is 6.54. The number of aliphatic hydroxyl groups is 1. The van der Waals surface area contributed by atoms with Crippen molar-refractivity contribution in [3.8, 4) is 11.3 Å². The maximum Gasteiger partial charge on any atom is 0.319 e. The lowest BCUT2D eigenvalue weighted by atomic mass is 9.90. The van der Waals surface area contributed by atoms with Crippen molar-refractivity contribution >= 4 is 35.6 Å². The van der Waals surface area contributed by atoms with E-state index in [1.165, 1.54) is 0 Å². The molecule has 2 aliphatic rings. The molecule has 0 radical (unpaired) electrons. The minimum Gasteiger partial charge on any atom is -0.480 e. The Balaban J connectivity index is 1.82. The first-order valence-corrected chi connectivity index (χ1v) is 14.5.